The average molecular weight is 450 g/mol. The Kier molecular flexibility index (Phi) is 6.46. The number of carbonyl (C=O) groups excluding carboxylic acids is 1. The molecule has 1 atom stereocenters. The smallest absolute Gasteiger partial charge is 0.233 e. The van der Waals surface area contributed by atoms with E-state index in [4.69, 9.17) is 0 Å². The number of hydrogen-bond acceptors (Lipinski definition) is 4. The Labute approximate surface area is 189 Å². The molecule has 1 heterocycles. The number of rotatable bonds is 6. The first-order valence-corrected chi connectivity index (χ1v) is 11.1. The van der Waals surface area contributed by atoms with Gasteiger partial charge in [0.1, 0.15) is 22.4 Å². The molecule has 0 fully saturated rings. The minimum absolute atomic E-state index is 0.0692. The quantitative estimate of drug-likeness (QED) is 0.345. The van der Waals surface area contributed by atoms with Crippen molar-refractivity contribution in [2.75, 3.05) is 12.8 Å². The third kappa shape index (κ3) is 4.62. The SMILES string of the molecule is CC(c1ccc(F)cc1)N(C)C(=O)CSc1nnc(-c2ccc(F)cc2)c2ccccc12. The molecule has 0 radical (unpaired) electrons. The molecule has 3 aromatic carbocycles. The van der Waals surface area contributed by atoms with Crippen LogP contribution in [-0.2, 0) is 4.79 Å². The molecule has 0 spiro atoms. The second-order valence-electron chi connectivity index (χ2n) is 7.43. The predicted octanol–water partition coefficient (Wildman–Crippen LogP) is 5.89. The molecule has 0 bridgehead atoms. The molecule has 0 saturated heterocycles. The van der Waals surface area contributed by atoms with E-state index < -0.39 is 0 Å². The van der Waals surface area contributed by atoms with Crippen LogP contribution in [-0.4, -0.2) is 33.8 Å². The van der Waals surface area contributed by atoms with Crippen LogP contribution >= 0.6 is 11.8 Å². The summed E-state index contributed by atoms with van der Waals surface area (Å²) < 4.78 is 26.5. The van der Waals surface area contributed by atoms with Crippen molar-refractivity contribution >= 4 is 28.4 Å². The van der Waals surface area contributed by atoms with Gasteiger partial charge in [0.2, 0.25) is 5.91 Å². The summed E-state index contributed by atoms with van der Waals surface area (Å²) in [5, 5.41) is 11.1. The largest absolute Gasteiger partial charge is 0.338 e. The molecule has 7 heteroatoms. The molecule has 4 rings (SSSR count). The van der Waals surface area contributed by atoms with Gasteiger partial charge in [-0.15, -0.1) is 10.2 Å². The number of thioether (sulfide) groups is 1. The molecule has 162 valence electrons. The van der Waals surface area contributed by atoms with Crippen LogP contribution < -0.4 is 0 Å². The first-order valence-electron chi connectivity index (χ1n) is 10.1. The van der Waals surface area contributed by atoms with Gasteiger partial charge in [-0.1, -0.05) is 48.2 Å². The zero-order valence-electron chi connectivity index (χ0n) is 17.6. The first-order chi connectivity index (χ1) is 15.4. The molecular formula is C25H21F2N3OS. The number of benzene rings is 3. The van der Waals surface area contributed by atoms with Crippen LogP contribution in [0.4, 0.5) is 8.78 Å². The van der Waals surface area contributed by atoms with E-state index in [1.807, 2.05) is 31.2 Å². The van der Waals surface area contributed by atoms with E-state index in [0.717, 1.165) is 21.9 Å². The van der Waals surface area contributed by atoms with Crippen molar-refractivity contribution in [1.29, 1.82) is 0 Å². The second kappa shape index (κ2) is 9.44. The Hall–Kier alpha value is -3.32. The zero-order valence-corrected chi connectivity index (χ0v) is 18.4. The van der Waals surface area contributed by atoms with Crippen molar-refractivity contribution < 1.29 is 13.6 Å². The Morgan fingerprint density at radius 2 is 1.50 bits per heavy atom. The van der Waals surface area contributed by atoms with Crippen molar-refractivity contribution in [3.63, 3.8) is 0 Å². The predicted molar refractivity (Wildman–Crippen MR) is 123 cm³/mol. The molecule has 0 saturated carbocycles. The highest BCUT2D eigenvalue weighted by molar-refractivity contribution is 8.00. The number of amides is 1. The molecule has 0 aliphatic rings. The van der Waals surface area contributed by atoms with E-state index in [1.54, 1.807) is 36.2 Å². The third-order valence-electron chi connectivity index (χ3n) is 5.43. The second-order valence-corrected chi connectivity index (χ2v) is 8.39. The molecule has 32 heavy (non-hydrogen) atoms. The van der Waals surface area contributed by atoms with E-state index in [2.05, 4.69) is 10.2 Å². The van der Waals surface area contributed by atoms with Gasteiger partial charge in [0.25, 0.3) is 0 Å². The van der Waals surface area contributed by atoms with Gasteiger partial charge in [-0.25, -0.2) is 8.78 Å². The molecule has 1 aromatic heterocycles. The van der Waals surface area contributed by atoms with Crippen LogP contribution in [0.1, 0.15) is 18.5 Å². The maximum atomic E-state index is 13.3. The Balaban J connectivity index is 1.53. The van der Waals surface area contributed by atoms with Gasteiger partial charge in [-0.05, 0) is 48.9 Å². The molecule has 0 aliphatic carbocycles. The van der Waals surface area contributed by atoms with Gasteiger partial charge >= 0.3 is 0 Å². The van der Waals surface area contributed by atoms with Crippen molar-refractivity contribution in [1.82, 2.24) is 15.1 Å². The molecule has 1 amide bonds. The lowest BCUT2D eigenvalue weighted by Crippen LogP contribution is -2.31. The van der Waals surface area contributed by atoms with Gasteiger partial charge in [0, 0.05) is 23.4 Å². The molecule has 4 nitrogen and oxygen atoms in total. The van der Waals surface area contributed by atoms with E-state index in [0.29, 0.717) is 10.7 Å². The van der Waals surface area contributed by atoms with Crippen LogP contribution in [0.2, 0.25) is 0 Å². The van der Waals surface area contributed by atoms with Crippen LogP contribution in [0.15, 0.2) is 77.8 Å². The fourth-order valence-electron chi connectivity index (χ4n) is 3.42. The minimum atomic E-state index is -0.310. The van der Waals surface area contributed by atoms with Crippen molar-refractivity contribution in [3.8, 4) is 11.3 Å². The van der Waals surface area contributed by atoms with Gasteiger partial charge < -0.3 is 4.90 Å². The summed E-state index contributed by atoms with van der Waals surface area (Å²) in [5.74, 6) is -0.493. The molecule has 0 aliphatic heterocycles. The first kappa shape index (κ1) is 21.9. The normalized spacial score (nSPS) is 12.0. The summed E-state index contributed by atoms with van der Waals surface area (Å²) in [5.41, 5.74) is 2.30. The standard InChI is InChI=1S/C25H21F2N3OS/c1-16(17-7-11-19(26)12-8-17)30(2)23(31)15-32-25-22-6-4-3-5-21(22)24(28-29-25)18-9-13-20(27)14-10-18/h3-14,16H,15H2,1-2H3. The monoisotopic (exact) mass is 449 g/mol. The van der Waals surface area contributed by atoms with Crippen molar-refractivity contribution in [2.45, 2.75) is 18.0 Å². The summed E-state index contributed by atoms with van der Waals surface area (Å²) in [6.07, 6.45) is 0. The summed E-state index contributed by atoms with van der Waals surface area (Å²) in [4.78, 5) is 14.4. The van der Waals surface area contributed by atoms with Gasteiger partial charge in [-0.2, -0.15) is 0 Å². The third-order valence-corrected chi connectivity index (χ3v) is 6.40. The number of aromatic nitrogens is 2. The topological polar surface area (TPSA) is 46.1 Å². The highest BCUT2D eigenvalue weighted by atomic mass is 32.2. The average Bonchev–Trinajstić information content (AvgIpc) is 2.82. The highest BCUT2D eigenvalue weighted by Gasteiger charge is 2.19. The number of halogens is 2. The maximum Gasteiger partial charge on any atom is 0.233 e. The van der Waals surface area contributed by atoms with Crippen molar-refractivity contribution in [2.24, 2.45) is 0 Å². The van der Waals surface area contributed by atoms with E-state index in [9.17, 15) is 13.6 Å². The Morgan fingerprint density at radius 3 is 2.16 bits per heavy atom. The number of hydrogen-bond donors (Lipinski definition) is 0. The highest BCUT2D eigenvalue weighted by Crippen LogP contribution is 2.32. The van der Waals surface area contributed by atoms with Crippen LogP contribution in [0, 0.1) is 11.6 Å². The van der Waals surface area contributed by atoms with Gasteiger partial charge in [0.15, 0.2) is 0 Å². The molecule has 1 unspecified atom stereocenters. The maximum absolute atomic E-state index is 13.3. The number of fused-ring (bicyclic) bond motifs is 1. The lowest BCUT2D eigenvalue weighted by molar-refractivity contribution is -0.128. The summed E-state index contributed by atoms with van der Waals surface area (Å²) in [7, 11) is 1.73. The summed E-state index contributed by atoms with van der Waals surface area (Å²) >= 11 is 1.32. The summed E-state index contributed by atoms with van der Waals surface area (Å²) in [6.45, 7) is 1.91. The van der Waals surface area contributed by atoms with Gasteiger partial charge in [0.05, 0.1) is 11.8 Å². The van der Waals surface area contributed by atoms with E-state index >= 15 is 0 Å². The fraction of sp³-hybridized carbons (Fsp3) is 0.160. The zero-order chi connectivity index (χ0) is 22.7. The minimum Gasteiger partial charge on any atom is -0.338 e. The summed E-state index contributed by atoms with van der Waals surface area (Å²) in [6, 6.07) is 19.8. The molecular weight excluding hydrogens is 428 g/mol. The molecule has 4 aromatic rings. The molecule has 0 N–H and O–H groups in total. The fourth-order valence-corrected chi connectivity index (χ4v) is 4.32. The number of carbonyl (C=O) groups is 1. The van der Waals surface area contributed by atoms with E-state index in [-0.39, 0.29) is 29.3 Å². The van der Waals surface area contributed by atoms with Gasteiger partial charge in [-0.3, -0.25) is 4.79 Å². The van der Waals surface area contributed by atoms with Crippen LogP contribution in [0.25, 0.3) is 22.0 Å². The van der Waals surface area contributed by atoms with Crippen molar-refractivity contribution in [3.05, 3.63) is 90.0 Å². The van der Waals surface area contributed by atoms with Crippen LogP contribution in [0.3, 0.4) is 0 Å². The van der Waals surface area contributed by atoms with Crippen LogP contribution in [0.5, 0.6) is 0 Å². The van der Waals surface area contributed by atoms with E-state index in [1.165, 1.54) is 36.0 Å². The number of nitrogens with zero attached hydrogens (tertiary/aromatic N) is 3. The Morgan fingerprint density at radius 1 is 0.906 bits per heavy atom. The Bertz CT molecular complexity index is 1250. The lowest BCUT2D eigenvalue weighted by atomic mass is 10.1. The lowest BCUT2D eigenvalue weighted by Gasteiger charge is -2.25.